The number of aliphatic hydroxyl groups is 1. The highest BCUT2D eigenvalue weighted by molar-refractivity contribution is 5.26. The summed E-state index contributed by atoms with van der Waals surface area (Å²) < 4.78 is 10.6. The molecule has 0 saturated carbocycles. The SMILES string of the molecule is C=C=CCCC(O)CCOCc1ccc(OC)cc1. The summed E-state index contributed by atoms with van der Waals surface area (Å²) in [7, 11) is 1.65. The van der Waals surface area contributed by atoms with Gasteiger partial charge in [-0.3, -0.25) is 0 Å². The molecule has 19 heavy (non-hydrogen) atoms. The summed E-state index contributed by atoms with van der Waals surface area (Å²) in [5.74, 6) is 0.842. The van der Waals surface area contributed by atoms with Crippen LogP contribution in [0.15, 0.2) is 42.7 Å². The van der Waals surface area contributed by atoms with E-state index in [-0.39, 0.29) is 6.10 Å². The molecule has 0 bridgehead atoms. The first-order chi connectivity index (χ1) is 9.26. The number of rotatable bonds is 9. The Balaban J connectivity index is 2.14. The first-order valence-corrected chi connectivity index (χ1v) is 6.49. The van der Waals surface area contributed by atoms with E-state index in [0.717, 1.165) is 24.2 Å². The number of hydrogen-bond donors (Lipinski definition) is 1. The van der Waals surface area contributed by atoms with Crippen molar-refractivity contribution < 1.29 is 14.6 Å². The van der Waals surface area contributed by atoms with Crippen LogP contribution >= 0.6 is 0 Å². The molecule has 0 spiro atoms. The molecule has 0 fully saturated rings. The number of benzene rings is 1. The number of ether oxygens (including phenoxy) is 2. The minimum Gasteiger partial charge on any atom is -0.497 e. The van der Waals surface area contributed by atoms with Gasteiger partial charge in [0.15, 0.2) is 0 Å². The summed E-state index contributed by atoms with van der Waals surface area (Å²) in [5, 5.41) is 9.68. The summed E-state index contributed by atoms with van der Waals surface area (Å²) in [6.45, 7) is 4.60. The molecule has 0 radical (unpaired) electrons. The van der Waals surface area contributed by atoms with Gasteiger partial charge >= 0.3 is 0 Å². The molecular formula is C16H22O3. The second kappa shape index (κ2) is 9.40. The Morgan fingerprint density at radius 2 is 2.05 bits per heavy atom. The van der Waals surface area contributed by atoms with Crippen LogP contribution in [-0.4, -0.2) is 24.9 Å². The molecule has 0 aliphatic heterocycles. The van der Waals surface area contributed by atoms with Crippen molar-refractivity contribution in [2.75, 3.05) is 13.7 Å². The van der Waals surface area contributed by atoms with Crippen LogP contribution in [0, 0.1) is 0 Å². The second-order valence-corrected chi connectivity index (χ2v) is 4.33. The van der Waals surface area contributed by atoms with Crippen LogP contribution in [0.3, 0.4) is 0 Å². The molecule has 0 aromatic heterocycles. The molecule has 0 aliphatic carbocycles. The van der Waals surface area contributed by atoms with Crippen molar-refractivity contribution in [3.63, 3.8) is 0 Å². The molecular weight excluding hydrogens is 240 g/mol. The summed E-state index contributed by atoms with van der Waals surface area (Å²) in [6.07, 6.45) is 3.71. The van der Waals surface area contributed by atoms with Crippen LogP contribution in [0.5, 0.6) is 5.75 Å². The van der Waals surface area contributed by atoms with Crippen LogP contribution in [-0.2, 0) is 11.3 Å². The molecule has 1 rings (SSSR count). The Labute approximate surface area is 115 Å². The lowest BCUT2D eigenvalue weighted by Gasteiger charge is -2.09. The summed E-state index contributed by atoms with van der Waals surface area (Å²) in [4.78, 5) is 0. The minimum absolute atomic E-state index is 0.319. The number of aliphatic hydroxyl groups excluding tert-OH is 1. The fourth-order valence-electron chi connectivity index (χ4n) is 1.65. The van der Waals surface area contributed by atoms with Crippen molar-refractivity contribution in [1.82, 2.24) is 0 Å². The number of hydrogen-bond acceptors (Lipinski definition) is 3. The van der Waals surface area contributed by atoms with Gasteiger partial charge in [0, 0.05) is 6.61 Å². The van der Waals surface area contributed by atoms with Crippen molar-refractivity contribution in [1.29, 1.82) is 0 Å². The Bertz CT molecular complexity index is 391. The zero-order chi connectivity index (χ0) is 13.9. The van der Waals surface area contributed by atoms with E-state index in [1.165, 1.54) is 0 Å². The van der Waals surface area contributed by atoms with E-state index >= 15 is 0 Å². The Hall–Kier alpha value is -1.54. The molecule has 104 valence electrons. The predicted octanol–water partition coefficient (Wildman–Crippen LogP) is 3.08. The maximum absolute atomic E-state index is 9.68. The molecule has 3 heteroatoms. The minimum atomic E-state index is -0.319. The van der Waals surface area contributed by atoms with Crippen molar-refractivity contribution in [3.8, 4) is 5.75 Å². The van der Waals surface area contributed by atoms with Gasteiger partial charge in [-0.25, -0.2) is 0 Å². The third-order valence-electron chi connectivity index (χ3n) is 2.81. The van der Waals surface area contributed by atoms with Gasteiger partial charge in [0.05, 0.1) is 19.8 Å². The van der Waals surface area contributed by atoms with E-state index in [4.69, 9.17) is 9.47 Å². The fourth-order valence-corrected chi connectivity index (χ4v) is 1.65. The largest absolute Gasteiger partial charge is 0.497 e. The van der Waals surface area contributed by atoms with E-state index in [2.05, 4.69) is 12.3 Å². The van der Waals surface area contributed by atoms with Gasteiger partial charge in [-0.2, -0.15) is 0 Å². The van der Waals surface area contributed by atoms with Gasteiger partial charge in [0.2, 0.25) is 0 Å². The van der Waals surface area contributed by atoms with Gasteiger partial charge in [-0.15, -0.1) is 5.73 Å². The summed E-state index contributed by atoms with van der Waals surface area (Å²) >= 11 is 0. The molecule has 3 nitrogen and oxygen atoms in total. The van der Waals surface area contributed by atoms with Gasteiger partial charge in [0.1, 0.15) is 5.75 Å². The quantitative estimate of drug-likeness (QED) is 0.549. The second-order valence-electron chi connectivity index (χ2n) is 4.33. The van der Waals surface area contributed by atoms with E-state index in [1.54, 1.807) is 7.11 Å². The van der Waals surface area contributed by atoms with Crippen LogP contribution < -0.4 is 4.74 Å². The van der Waals surface area contributed by atoms with Crippen molar-refractivity contribution in [3.05, 3.63) is 48.2 Å². The standard InChI is InChI=1S/C16H22O3/c1-3-4-5-6-15(17)11-12-19-13-14-7-9-16(18-2)10-8-14/h4,7-10,15,17H,1,5-6,11-13H2,2H3. The molecule has 0 saturated heterocycles. The van der Waals surface area contributed by atoms with Crippen LogP contribution in [0.25, 0.3) is 0 Å². The van der Waals surface area contributed by atoms with Crippen molar-refractivity contribution >= 4 is 0 Å². The smallest absolute Gasteiger partial charge is 0.118 e. The van der Waals surface area contributed by atoms with Crippen molar-refractivity contribution in [2.24, 2.45) is 0 Å². The zero-order valence-electron chi connectivity index (χ0n) is 11.5. The van der Waals surface area contributed by atoms with E-state index in [0.29, 0.717) is 19.6 Å². The number of methoxy groups -OCH3 is 1. The molecule has 1 atom stereocenters. The number of allylic oxidation sites excluding steroid dienone is 1. The van der Waals surface area contributed by atoms with Crippen LogP contribution in [0.2, 0.25) is 0 Å². The molecule has 1 aromatic carbocycles. The summed E-state index contributed by atoms with van der Waals surface area (Å²) in [5.41, 5.74) is 3.80. The molecule has 0 heterocycles. The van der Waals surface area contributed by atoms with E-state index in [9.17, 15) is 5.11 Å². The summed E-state index contributed by atoms with van der Waals surface area (Å²) in [6, 6.07) is 7.78. The third kappa shape index (κ3) is 6.82. The molecule has 1 unspecified atom stereocenters. The predicted molar refractivity (Wildman–Crippen MR) is 76.2 cm³/mol. The van der Waals surface area contributed by atoms with E-state index < -0.39 is 0 Å². The lowest BCUT2D eigenvalue weighted by molar-refractivity contribution is 0.0705. The average molecular weight is 262 g/mol. The van der Waals surface area contributed by atoms with E-state index in [1.807, 2.05) is 30.3 Å². The highest BCUT2D eigenvalue weighted by atomic mass is 16.5. The average Bonchev–Trinajstić information content (AvgIpc) is 2.44. The maximum Gasteiger partial charge on any atom is 0.118 e. The molecule has 1 aromatic rings. The van der Waals surface area contributed by atoms with Gasteiger partial charge in [-0.05, 0) is 43.0 Å². The monoisotopic (exact) mass is 262 g/mol. The normalized spacial score (nSPS) is 11.7. The molecule has 0 amide bonds. The first-order valence-electron chi connectivity index (χ1n) is 6.49. The van der Waals surface area contributed by atoms with Crippen LogP contribution in [0.4, 0.5) is 0 Å². The lowest BCUT2D eigenvalue weighted by Crippen LogP contribution is -2.10. The molecule has 0 aliphatic rings. The van der Waals surface area contributed by atoms with Gasteiger partial charge < -0.3 is 14.6 Å². The fraction of sp³-hybridized carbons (Fsp3) is 0.438. The Morgan fingerprint density at radius 1 is 1.32 bits per heavy atom. The van der Waals surface area contributed by atoms with Gasteiger partial charge in [-0.1, -0.05) is 18.7 Å². The zero-order valence-corrected chi connectivity index (χ0v) is 11.5. The van der Waals surface area contributed by atoms with Gasteiger partial charge in [0.25, 0.3) is 0 Å². The highest BCUT2D eigenvalue weighted by Gasteiger charge is 2.03. The maximum atomic E-state index is 9.68. The Morgan fingerprint density at radius 3 is 2.68 bits per heavy atom. The Kier molecular flexibility index (Phi) is 7.68. The highest BCUT2D eigenvalue weighted by Crippen LogP contribution is 2.12. The third-order valence-corrected chi connectivity index (χ3v) is 2.81. The molecule has 1 N–H and O–H groups in total. The first kappa shape index (κ1) is 15.5. The van der Waals surface area contributed by atoms with Crippen molar-refractivity contribution in [2.45, 2.75) is 32.0 Å². The van der Waals surface area contributed by atoms with Crippen LogP contribution in [0.1, 0.15) is 24.8 Å². The lowest BCUT2D eigenvalue weighted by atomic mass is 10.1. The topological polar surface area (TPSA) is 38.7 Å².